The lowest BCUT2D eigenvalue weighted by atomic mass is 9.61. The average molecular weight is 398 g/mol. The van der Waals surface area contributed by atoms with Gasteiger partial charge < -0.3 is 15.7 Å². The van der Waals surface area contributed by atoms with E-state index in [9.17, 15) is 14.6 Å². The van der Waals surface area contributed by atoms with E-state index in [1.807, 2.05) is 44.2 Å². The van der Waals surface area contributed by atoms with Gasteiger partial charge in [-0.1, -0.05) is 58.4 Å². The maximum absolute atomic E-state index is 12.9. The van der Waals surface area contributed by atoms with Crippen molar-refractivity contribution in [3.63, 3.8) is 0 Å². The maximum Gasteiger partial charge on any atom is 0.308 e. The quantitative estimate of drug-likeness (QED) is 0.562. The topological polar surface area (TPSA) is 104 Å². The molecule has 156 valence electrons. The van der Waals surface area contributed by atoms with Crippen LogP contribution < -0.4 is 10.6 Å². The highest BCUT2D eigenvalue weighted by molar-refractivity contribution is 6.51. The normalized spacial score (nSPS) is 12.4. The standard InChI is InChI=1S/C20H27BN4O3.CH4/c1-14(2)11-18(21(3)28)25-19(26)16(12-15-7-5-4-6-8-15)24-20(27)17-13-22-9-10-23-17;/h4-10,13-14,16,18,28H,11-12H2,1-3H3,(H,24,27)(H,25,26);1H4/t16-,18-;/m0./s1. The third kappa shape index (κ3) is 8.03. The molecule has 0 saturated heterocycles. The molecule has 0 aliphatic carbocycles. The molecule has 2 aromatic rings. The zero-order valence-electron chi connectivity index (χ0n) is 16.5. The van der Waals surface area contributed by atoms with Gasteiger partial charge in [-0.25, -0.2) is 4.98 Å². The van der Waals surface area contributed by atoms with Crippen LogP contribution in [-0.2, 0) is 11.2 Å². The second kappa shape index (κ2) is 12.0. The highest BCUT2D eigenvalue weighted by Gasteiger charge is 2.28. The van der Waals surface area contributed by atoms with Crippen molar-refractivity contribution in [1.29, 1.82) is 0 Å². The van der Waals surface area contributed by atoms with Gasteiger partial charge in [-0.2, -0.15) is 0 Å². The van der Waals surface area contributed by atoms with Crippen LogP contribution in [0.2, 0.25) is 6.82 Å². The van der Waals surface area contributed by atoms with Gasteiger partial charge in [0.05, 0.1) is 6.20 Å². The smallest absolute Gasteiger partial charge is 0.308 e. The Balaban J connectivity index is 0.00000420. The van der Waals surface area contributed by atoms with E-state index in [0.717, 1.165) is 5.56 Å². The van der Waals surface area contributed by atoms with E-state index in [1.165, 1.54) is 18.6 Å². The van der Waals surface area contributed by atoms with Crippen LogP contribution in [0.15, 0.2) is 48.9 Å². The van der Waals surface area contributed by atoms with Gasteiger partial charge in [-0.3, -0.25) is 14.6 Å². The Bertz CT molecular complexity index is 757. The summed E-state index contributed by atoms with van der Waals surface area (Å²) < 4.78 is 0. The fourth-order valence-electron chi connectivity index (χ4n) is 2.88. The molecule has 0 saturated carbocycles. The summed E-state index contributed by atoms with van der Waals surface area (Å²) in [6.45, 7) is 5.01. The number of carbonyl (C=O) groups excluding carboxylic acids is 2. The SMILES string of the molecule is C.CB(O)[C@H](CC(C)C)NC(=O)[C@H](Cc1ccccc1)NC(=O)c1cnccn1. The number of hydrogen-bond donors (Lipinski definition) is 3. The molecular weight excluding hydrogens is 367 g/mol. The summed E-state index contributed by atoms with van der Waals surface area (Å²) in [4.78, 5) is 33.3. The summed E-state index contributed by atoms with van der Waals surface area (Å²) in [5, 5.41) is 15.7. The predicted molar refractivity (Wildman–Crippen MR) is 115 cm³/mol. The summed E-state index contributed by atoms with van der Waals surface area (Å²) in [6, 6.07) is 8.65. The first kappa shape index (κ1) is 24.3. The molecule has 0 unspecified atom stereocenters. The first-order valence-electron chi connectivity index (χ1n) is 9.46. The minimum atomic E-state index is -0.801. The molecule has 8 heteroatoms. The fraction of sp³-hybridized carbons (Fsp3) is 0.429. The lowest BCUT2D eigenvalue weighted by molar-refractivity contribution is -0.123. The molecule has 1 aromatic carbocycles. The first-order chi connectivity index (χ1) is 13.4. The Morgan fingerprint density at radius 3 is 2.38 bits per heavy atom. The molecular formula is C21H31BN4O3. The number of nitrogens with zero attached hydrogens (tertiary/aromatic N) is 2. The number of nitrogens with one attached hydrogen (secondary N) is 2. The average Bonchev–Trinajstić information content (AvgIpc) is 2.68. The van der Waals surface area contributed by atoms with Crippen molar-refractivity contribution in [2.24, 2.45) is 5.92 Å². The third-order valence-electron chi connectivity index (χ3n) is 4.34. The van der Waals surface area contributed by atoms with E-state index in [2.05, 4.69) is 20.6 Å². The zero-order chi connectivity index (χ0) is 20.5. The van der Waals surface area contributed by atoms with Crippen LogP contribution in [0, 0.1) is 5.92 Å². The van der Waals surface area contributed by atoms with Crippen LogP contribution in [-0.4, -0.2) is 45.7 Å². The molecule has 0 spiro atoms. The van der Waals surface area contributed by atoms with Crippen LogP contribution in [0.5, 0.6) is 0 Å². The van der Waals surface area contributed by atoms with Crippen molar-refractivity contribution in [3.05, 3.63) is 60.2 Å². The number of aromatic nitrogens is 2. The molecule has 1 aromatic heterocycles. The third-order valence-corrected chi connectivity index (χ3v) is 4.34. The van der Waals surface area contributed by atoms with Crippen molar-refractivity contribution in [1.82, 2.24) is 20.6 Å². The van der Waals surface area contributed by atoms with Crippen LogP contribution in [0.3, 0.4) is 0 Å². The highest BCUT2D eigenvalue weighted by atomic mass is 16.2. The van der Waals surface area contributed by atoms with E-state index >= 15 is 0 Å². The summed E-state index contributed by atoms with van der Waals surface area (Å²) in [5.74, 6) is -0.893. The minimum absolute atomic E-state index is 0. The number of hydrogen-bond acceptors (Lipinski definition) is 5. The second-order valence-corrected chi connectivity index (χ2v) is 7.29. The number of amides is 2. The Morgan fingerprint density at radius 1 is 1.14 bits per heavy atom. The van der Waals surface area contributed by atoms with Crippen LogP contribution in [0.4, 0.5) is 0 Å². The molecule has 29 heavy (non-hydrogen) atoms. The van der Waals surface area contributed by atoms with Gasteiger partial charge in [0.15, 0.2) is 0 Å². The molecule has 2 atom stereocenters. The largest absolute Gasteiger partial charge is 0.449 e. The Labute approximate surface area is 173 Å². The lowest BCUT2D eigenvalue weighted by Crippen LogP contribution is -2.54. The van der Waals surface area contributed by atoms with Crippen molar-refractivity contribution >= 4 is 18.7 Å². The summed E-state index contributed by atoms with van der Waals surface area (Å²) >= 11 is 0. The van der Waals surface area contributed by atoms with E-state index in [4.69, 9.17) is 0 Å². The van der Waals surface area contributed by atoms with Crippen LogP contribution in [0.25, 0.3) is 0 Å². The maximum atomic E-state index is 12.9. The second-order valence-electron chi connectivity index (χ2n) is 7.29. The molecule has 2 amide bonds. The van der Waals surface area contributed by atoms with Gasteiger partial charge in [0.2, 0.25) is 5.91 Å². The van der Waals surface area contributed by atoms with Crippen molar-refractivity contribution in [3.8, 4) is 0 Å². The van der Waals surface area contributed by atoms with Gasteiger partial charge >= 0.3 is 6.92 Å². The number of benzene rings is 1. The van der Waals surface area contributed by atoms with Crippen LogP contribution >= 0.6 is 0 Å². The number of rotatable bonds is 9. The molecule has 0 aliphatic rings. The zero-order valence-corrected chi connectivity index (χ0v) is 16.5. The fourth-order valence-corrected chi connectivity index (χ4v) is 2.88. The van der Waals surface area contributed by atoms with Gasteiger partial charge in [0.1, 0.15) is 11.7 Å². The summed E-state index contributed by atoms with van der Waals surface area (Å²) in [5.41, 5.74) is 1.06. The number of carbonyl (C=O) groups is 2. The van der Waals surface area contributed by atoms with Gasteiger partial charge in [-0.15, -0.1) is 0 Å². The summed E-state index contributed by atoms with van der Waals surface area (Å²) in [6.07, 6.45) is 5.22. The lowest BCUT2D eigenvalue weighted by Gasteiger charge is -2.25. The van der Waals surface area contributed by atoms with Gasteiger partial charge in [-0.05, 0) is 17.9 Å². The van der Waals surface area contributed by atoms with Crippen molar-refractivity contribution in [2.75, 3.05) is 0 Å². The Hall–Kier alpha value is -2.74. The molecule has 1 heterocycles. The van der Waals surface area contributed by atoms with E-state index in [0.29, 0.717) is 18.8 Å². The van der Waals surface area contributed by atoms with Crippen molar-refractivity contribution in [2.45, 2.75) is 52.9 Å². The highest BCUT2D eigenvalue weighted by Crippen LogP contribution is 2.09. The summed E-state index contributed by atoms with van der Waals surface area (Å²) in [7, 11) is 0. The molecule has 0 aliphatic heterocycles. The minimum Gasteiger partial charge on any atom is -0.449 e. The van der Waals surface area contributed by atoms with Gasteiger partial charge in [0.25, 0.3) is 5.91 Å². The molecule has 0 radical (unpaired) electrons. The first-order valence-corrected chi connectivity index (χ1v) is 9.46. The van der Waals surface area contributed by atoms with Crippen molar-refractivity contribution < 1.29 is 14.6 Å². The Kier molecular flexibility index (Phi) is 10.0. The molecule has 0 bridgehead atoms. The predicted octanol–water partition coefficient (Wildman–Crippen LogP) is 2.14. The Morgan fingerprint density at radius 2 is 1.83 bits per heavy atom. The molecule has 0 fully saturated rings. The van der Waals surface area contributed by atoms with E-state index in [-0.39, 0.29) is 25.0 Å². The molecule has 3 N–H and O–H groups in total. The monoisotopic (exact) mass is 398 g/mol. The van der Waals surface area contributed by atoms with E-state index < -0.39 is 18.9 Å². The van der Waals surface area contributed by atoms with Crippen LogP contribution in [0.1, 0.15) is 43.7 Å². The molecule has 2 rings (SSSR count). The molecule has 7 nitrogen and oxygen atoms in total. The van der Waals surface area contributed by atoms with E-state index in [1.54, 1.807) is 6.82 Å². The van der Waals surface area contributed by atoms with Gasteiger partial charge in [0, 0.05) is 24.8 Å².